The van der Waals surface area contributed by atoms with Gasteiger partial charge >= 0.3 is 6.18 Å². The molecule has 0 aliphatic rings. The number of benzene rings is 2. The predicted molar refractivity (Wildman–Crippen MR) is 78.8 cm³/mol. The summed E-state index contributed by atoms with van der Waals surface area (Å²) in [4.78, 5) is 12.1. The molecule has 0 aliphatic carbocycles. The summed E-state index contributed by atoms with van der Waals surface area (Å²) in [5, 5.41) is 2.71. The fraction of sp³-hybridized carbons (Fsp3) is 0.0625. The molecule has 0 atom stereocenters. The standard InChI is InChI=1S/C16H9ClF3NO/c1-2-10-8-11(6-7-14(10)17)15(22)21-13-5-3-4-12(9-13)16(18,19)20/h1,3-9H,(H,21,22). The van der Waals surface area contributed by atoms with Crippen LogP contribution >= 0.6 is 11.6 Å². The van der Waals surface area contributed by atoms with E-state index in [0.29, 0.717) is 10.6 Å². The summed E-state index contributed by atoms with van der Waals surface area (Å²) in [6.07, 6.45) is 0.774. The molecule has 0 bridgehead atoms. The largest absolute Gasteiger partial charge is 0.416 e. The highest BCUT2D eigenvalue weighted by atomic mass is 35.5. The highest BCUT2D eigenvalue weighted by Crippen LogP contribution is 2.30. The monoisotopic (exact) mass is 323 g/mol. The number of nitrogens with one attached hydrogen (secondary N) is 1. The first-order valence-electron chi connectivity index (χ1n) is 6.06. The first-order valence-corrected chi connectivity index (χ1v) is 6.44. The molecule has 1 N–H and O–H groups in total. The van der Waals surface area contributed by atoms with E-state index < -0.39 is 17.6 Å². The minimum absolute atomic E-state index is 0.0389. The molecule has 2 aromatic carbocycles. The van der Waals surface area contributed by atoms with E-state index in [1.807, 2.05) is 0 Å². The van der Waals surface area contributed by atoms with E-state index in [9.17, 15) is 18.0 Å². The van der Waals surface area contributed by atoms with Crippen molar-refractivity contribution < 1.29 is 18.0 Å². The molecule has 2 rings (SSSR count). The Bertz CT molecular complexity index is 763. The number of carbonyl (C=O) groups excluding carboxylic acids is 1. The van der Waals surface area contributed by atoms with Crippen LogP contribution in [0.5, 0.6) is 0 Å². The van der Waals surface area contributed by atoms with Gasteiger partial charge in [0.15, 0.2) is 0 Å². The summed E-state index contributed by atoms with van der Waals surface area (Å²) in [6.45, 7) is 0. The van der Waals surface area contributed by atoms with Crippen LogP contribution in [0.4, 0.5) is 18.9 Å². The topological polar surface area (TPSA) is 29.1 Å². The van der Waals surface area contributed by atoms with Crippen molar-refractivity contribution in [1.82, 2.24) is 0 Å². The van der Waals surface area contributed by atoms with Crippen molar-refractivity contribution in [3.8, 4) is 12.3 Å². The summed E-state index contributed by atoms with van der Waals surface area (Å²) in [7, 11) is 0. The molecule has 0 aliphatic heterocycles. The molecule has 0 saturated heterocycles. The Morgan fingerprint density at radius 1 is 1.18 bits per heavy atom. The van der Waals surface area contributed by atoms with Crippen molar-refractivity contribution >= 4 is 23.2 Å². The van der Waals surface area contributed by atoms with Gasteiger partial charge in [0, 0.05) is 16.8 Å². The average molecular weight is 324 g/mol. The molecule has 0 unspecified atom stereocenters. The van der Waals surface area contributed by atoms with Gasteiger partial charge < -0.3 is 5.32 Å². The van der Waals surface area contributed by atoms with Gasteiger partial charge in [-0.1, -0.05) is 23.6 Å². The normalized spacial score (nSPS) is 10.9. The number of terminal acetylenes is 1. The molecule has 2 nitrogen and oxygen atoms in total. The molecule has 0 heterocycles. The minimum Gasteiger partial charge on any atom is -0.322 e. The van der Waals surface area contributed by atoms with Gasteiger partial charge in [0.25, 0.3) is 5.91 Å². The highest BCUT2D eigenvalue weighted by Gasteiger charge is 2.30. The number of amides is 1. The summed E-state index contributed by atoms with van der Waals surface area (Å²) in [5.74, 6) is 1.75. The smallest absolute Gasteiger partial charge is 0.322 e. The summed E-state index contributed by atoms with van der Waals surface area (Å²) in [6, 6.07) is 8.65. The Kier molecular flexibility index (Phi) is 4.43. The van der Waals surface area contributed by atoms with Crippen LogP contribution in [0, 0.1) is 12.3 Å². The van der Waals surface area contributed by atoms with Crippen LogP contribution in [0.25, 0.3) is 0 Å². The number of carbonyl (C=O) groups is 1. The van der Waals surface area contributed by atoms with Crippen LogP contribution in [0.3, 0.4) is 0 Å². The third-order valence-electron chi connectivity index (χ3n) is 2.83. The maximum absolute atomic E-state index is 12.6. The zero-order chi connectivity index (χ0) is 16.3. The maximum Gasteiger partial charge on any atom is 0.416 e. The maximum atomic E-state index is 12.6. The van der Waals surface area contributed by atoms with Crippen LogP contribution < -0.4 is 5.32 Å². The van der Waals surface area contributed by atoms with E-state index in [4.69, 9.17) is 18.0 Å². The summed E-state index contributed by atoms with van der Waals surface area (Å²) in [5.41, 5.74) is -0.268. The third kappa shape index (κ3) is 3.60. The second-order valence-corrected chi connectivity index (χ2v) is 4.78. The van der Waals surface area contributed by atoms with Crippen LogP contribution in [0.1, 0.15) is 21.5 Å². The van der Waals surface area contributed by atoms with E-state index in [1.165, 1.54) is 30.3 Å². The summed E-state index contributed by atoms with van der Waals surface area (Å²) >= 11 is 5.83. The fourth-order valence-electron chi connectivity index (χ4n) is 1.75. The number of anilines is 1. The lowest BCUT2D eigenvalue weighted by molar-refractivity contribution is -0.137. The Hall–Kier alpha value is -2.45. The Morgan fingerprint density at radius 3 is 2.55 bits per heavy atom. The molecule has 0 radical (unpaired) electrons. The molecule has 0 saturated carbocycles. The van der Waals surface area contributed by atoms with Crippen molar-refractivity contribution in [2.45, 2.75) is 6.18 Å². The van der Waals surface area contributed by atoms with Crippen molar-refractivity contribution in [2.24, 2.45) is 0 Å². The molecule has 0 spiro atoms. The molecule has 0 fully saturated rings. The van der Waals surface area contributed by atoms with Crippen LogP contribution in [-0.2, 0) is 6.18 Å². The minimum atomic E-state index is -4.47. The quantitative estimate of drug-likeness (QED) is 0.804. The second kappa shape index (κ2) is 6.12. The van der Waals surface area contributed by atoms with Gasteiger partial charge in [0.2, 0.25) is 0 Å². The predicted octanol–water partition coefficient (Wildman–Crippen LogP) is 4.59. The Balaban J connectivity index is 2.25. The average Bonchev–Trinajstić information content (AvgIpc) is 2.47. The fourth-order valence-corrected chi connectivity index (χ4v) is 1.93. The molecule has 1 amide bonds. The van der Waals surface area contributed by atoms with Crippen molar-refractivity contribution in [1.29, 1.82) is 0 Å². The number of hydrogen-bond acceptors (Lipinski definition) is 1. The first kappa shape index (κ1) is 15.9. The van der Waals surface area contributed by atoms with E-state index >= 15 is 0 Å². The molecule has 22 heavy (non-hydrogen) atoms. The number of hydrogen-bond donors (Lipinski definition) is 1. The summed E-state index contributed by atoms with van der Waals surface area (Å²) < 4.78 is 37.9. The molecule has 112 valence electrons. The number of rotatable bonds is 2. The zero-order valence-corrected chi connectivity index (χ0v) is 11.8. The molecule has 0 aromatic heterocycles. The lowest BCUT2D eigenvalue weighted by Crippen LogP contribution is -2.13. The number of halogens is 4. The molecular formula is C16H9ClF3NO. The van der Waals surface area contributed by atoms with E-state index in [1.54, 1.807) is 0 Å². The van der Waals surface area contributed by atoms with Gasteiger partial charge in [-0.3, -0.25) is 4.79 Å². The number of alkyl halides is 3. The van der Waals surface area contributed by atoms with Crippen molar-refractivity contribution in [3.05, 3.63) is 64.2 Å². The second-order valence-electron chi connectivity index (χ2n) is 4.37. The molecule has 6 heteroatoms. The van der Waals surface area contributed by atoms with E-state index in [-0.39, 0.29) is 11.3 Å². The van der Waals surface area contributed by atoms with Gasteiger partial charge in [-0.25, -0.2) is 0 Å². The van der Waals surface area contributed by atoms with Gasteiger partial charge in [0.1, 0.15) is 0 Å². The molecular weight excluding hydrogens is 315 g/mol. The van der Waals surface area contributed by atoms with Crippen LogP contribution in [-0.4, -0.2) is 5.91 Å². The zero-order valence-electron chi connectivity index (χ0n) is 11.0. The van der Waals surface area contributed by atoms with E-state index in [2.05, 4.69) is 11.2 Å². The molecule has 2 aromatic rings. The van der Waals surface area contributed by atoms with E-state index in [0.717, 1.165) is 12.1 Å². The van der Waals surface area contributed by atoms with Gasteiger partial charge in [0.05, 0.1) is 10.6 Å². The first-order chi connectivity index (χ1) is 10.3. The van der Waals surface area contributed by atoms with Crippen LogP contribution in [0.2, 0.25) is 5.02 Å². The van der Waals surface area contributed by atoms with Crippen molar-refractivity contribution in [3.63, 3.8) is 0 Å². The SMILES string of the molecule is C#Cc1cc(C(=O)Nc2cccc(C(F)(F)F)c2)ccc1Cl. The van der Waals surface area contributed by atoms with Crippen molar-refractivity contribution in [2.75, 3.05) is 5.32 Å². The van der Waals surface area contributed by atoms with Gasteiger partial charge in [-0.15, -0.1) is 6.42 Å². The third-order valence-corrected chi connectivity index (χ3v) is 3.16. The Morgan fingerprint density at radius 2 is 1.91 bits per heavy atom. The Labute approximate surface area is 129 Å². The lowest BCUT2D eigenvalue weighted by atomic mass is 10.1. The van der Waals surface area contributed by atoms with Gasteiger partial charge in [-0.05, 0) is 36.4 Å². The van der Waals surface area contributed by atoms with Crippen LogP contribution in [0.15, 0.2) is 42.5 Å². The highest BCUT2D eigenvalue weighted by molar-refractivity contribution is 6.31. The lowest BCUT2D eigenvalue weighted by Gasteiger charge is -2.10. The van der Waals surface area contributed by atoms with Gasteiger partial charge in [-0.2, -0.15) is 13.2 Å².